The predicted octanol–water partition coefficient (Wildman–Crippen LogP) is 8.12. The van der Waals surface area contributed by atoms with Crippen LogP contribution in [0, 0.1) is 0 Å². The van der Waals surface area contributed by atoms with Crippen LogP contribution in [0.3, 0.4) is 0 Å². The van der Waals surface area contributed by atoms with Gasteiger partial charge in [-0.1, -0.05) is 108 Å². The monoisotopic (exact) mass is 432 g/mol. The van der Waals surface area contributed by atoms with E-state index in [4.69, 9.17) is 4.74 Å². The van der Waals surface area contributed by atoms with Crippen molar-refractivity contribution in [2.75, 3.05) is 7.11 Å². The molecule has 3 aliphatic rings. The maximum absolute atomic E-state index is 5.46. The molecule has 0 aromatic heterocycles. The molecular weight excluding hydrogens is 392 g/mol. The smallest absolute Gasteiger partial charge is 0.118 e. The lowest BCUT2D eigenvalue weighted by Gasteiger charge is -2.60. The van der Waals surface area contributed by atoms with Gasteiger partial charge in [0.2, 0.25) is 0 Å². The van der Waals surface area contributed by atoms with Crippen LogP contribution in [0.1, 0.15) is 95.1 Å². The van der Waals surface area contributed by atoms with Crippen molar-refractivity contribution in [2.45, 2.75) is 101 Å². The molecular formula is C29H40OSi. The van der Waals surface area contributed by atoms with E-state index in [1.54, 1.807) is 18.2 Å². The predicted molar refractivity (Wildman–Crippen MR) is 135 cm³/mol. The number of ether oxygens (including phenoxy) is 1. The minimum atomic E-state index is -1.59. The van der Waals surface area contributed by atoms with Crippen molar-refractivity contribution in [2.24, 2.45) is 0 Å². The summed E-state index contributed by atoms with van der Waals surface area (Å²) < 4.78 is 5.46. The molecule has 2 aliphatic carbocycles. The fourth-order valence-electron chi connectivity index (χ4n) is 7.86. The maximum Gasteiger partial charge on any atom is 0.118 e. The average Bonchev–Trinajstić information content (AvgIpc) is 2.84. The van der Waals surface area contributed by atoms with Crippen LogP contribution in [0.5, 0.6) is 5.75 Å². The van der Waals surface area contributed by atoms with Crippen LogP contribution in [-0.2, 0) is 0 Å². The molecule has 2 heteroatoms. The van der Waals surface area contributed by atoms with E-state index >= 15 is 0 Å². The van der Waals surface area contributed by atoms with Crippen molar-refractivity contribution in [3.05, 3.63) is 48.0 Å². The van der Waals surface area contributed by atoms with Crippen LogP contribution in [0.4, 0.5) is 0 Å². The zero-order chi connectivity index (χ0) is 21.3. The van der Waals surface area contributed by atoms with Gasteiger partial charge in [-0.05, 0) is 57.1 Å². The van der Waals surface area contributed by atoms with Gasteiger partial charge in [-0.2, -0.15) is 0 Å². The van der Waals surface area contributed by atoms with Gasteiger partial charge in [0.05, 0.1) is 7.11 Å². The first kappa shape index (κ1) is 21.3. The Hall–Kier alpha value is -1.54. The lowest BCUT2D eigenvalue weighted by molar-refractivity contribution is 0.415. The van der Waals surface area contributed by atoms with Gasteiger partial charge >= 0.3 is 0 Å². The van der Waals surface area contributed by atoms with Crippen LogP contribution < -0.4 is 9.92 Å². The maximum atomic E-state index is 5.46. The first-order chi connectivity index (χ1) is 15.3. The summed E-state index contributed by atoms with van der Waals surface area (Å²) >= 11 is 0. The number of methoxy groups -OCH3 is 1. The first-order valence-electron chi connectivity index (χ1n) is 13.1. The second-order valence-electron chi connectivity index (χ2n) is 10.4. The van der Waals surface area contributed by atoms with E-state index in [0.29, 0.717) is 0 Å². The molecule has 1 unspecified atom stereocenters. The zero-order valence-corrected chi connectivity index (χ0v) is 20.7. The van der Waals surface area contributed by atoms with Crippen LogP contribution in [0.25, 0.3) is 11.1 Å². The van der Waals surface area contributed by atoms with Crippen molar-refractivity contribution in [1.29, 1.82) is 0 Å². The van der Waals surface area contributed by atoms with Crippen LogP contribution >= 0.6 is 0 Å². The Kier molecular flexibility index (Phi) is 6.28. The minimum absolute atomic E-state index is 0.914. The molecule has 2 saturated carbocycles. The van der Waals surface area contributed by atoms with E-state index in [9.17, 15) is 0 Å². The lowest BCUT2D eigenvalue weighted by Crippen LogP contribution is -2.70. The summed E-state index contributed by atoms with van der Waals surface area (Å²) in [5.74, 6) is 0.963. The van der Waals surface area contributed by atoms with Gasteiger partial charge in [0, 0.05) is 0 Å². The summed E-state index contributed by atoms with van der Waals surface area (Å²) in [7, 11) is 0.175. The largest absolute Gasteiger partial charge is 0.497 e. The fourth-order valence-corrected chi connectivity index (χ4v) is 16.3. The molecule has 1 atom stereocenters. The fraction of sp³-hybridized carbons (Fsp3) is 0.586. The first-order valence-corrected chi connectivity index (χ1v) is 15.3. The molecule has 0 spiro atoms. The van der Waals surface area contributed by atoms with E-state index in [0.717, 1.165) is 22.4 Å². The lowest BCUT2D eigenvalue weighted by atomic mass is 9.96. The topological polar surface area (TPSA) is 9.23 Å². The van der Waals surface area contributed by atoms with E-state index in [-0.39, 0.29) is 0 Å². The zero-order valence-electron chi connectivity index (χ0n) is 19.7. The van der Waals surface area contributed by atoms with Gasteiger partial charge in [-0.3, -0.25) is 0 Å². The third kappa shape index (κ3) is 3.50. The molecule has 1 aliphatic heterocycles. The van der Waals surface area contributed by atoms with Gasteiger partial charge in [0.15, 0.2) is 0 Å². The highest BCUT2D eigenvalue weighted by Crippen LogP contribution is 2.60. The number of fused-ring (bicyclic) bond motifs is 1. The number of benzene rings is 2. The highest BCUT2D eigenvalue weighted by Gasteiger charge is 2.61. The molecule has 1 heterocycles. The van der Waals surface area contributed by atoms with Gasteiger partial charge in [0.1, 0.15) is 13.8 Å². The van der Waals surface area contributed by atoms with E-state index in [1.807, 2.05) is 5.19 Å². The third-order valence-corrected chi connectivity index (χ3v) is 16.1. The molecule has 0 amide bonds. The van der Waals surface area contributed by atoms with Gasteiger partial charge in [-0.25, -0.2) is 0 Å². The van der Waals surface area contributed by atoms with Gasteiger partial charge in [-0.15, -0.1) is 0 Å². The molecule has 2 fully saturated rings. The molecule has 2 aromatic carbocycles. The van der Waals surface area contributed by atoms with Crippen molar-refractivity contribution >= 4 is 13.3 Å². The van der Waals surface area contributed by atoms with E-state index in [1.165, 1.54) is 82.6 Å². The summed E-state index contributed by atoms with van der Waals surface area (Å²) in [5, 5.41) is 1.90. The summed E-state index contributed by atoms with van der Waals surface area (Å²) in [4.78, 5) is 0. The standard InChI is InChI=1S/C29H40OSi/c1-3-11-28-27-17-10-16-26(22-18-20-23(30-2)21-19-22)29(27)31(28,24-12-6-4-7-13-24)25-14-8-5-9-15-25/h10,16-21,24-25,28H,3-9,11-15H2,1-2H3. The molecule has 5 rings (SSSR count). The second-order valence-corrected chi connectivity index (χ2v) is 15.1. The SMILES string of the molecule is CCCC1c2cccc(-c3ccc(OC)cc3)c2[Si]1(C1CCCCC1)C1CCCCC1. The van der Waals surface area contributed by atoms with Crippen LogP contribution in [0.15, 0.2) is 42.5 Å². The molecule has 0 N–H and O–H groups in total. The van der Waals surface area contributed by atoms with Gasteiger partial charge in [0.25, 0.3) is 0 Å². The third-order valence-electron chi connectivity index (χ3n) is 9.02. The van der Waals surface area contributed by atoms with Crippen molar-refractivity contribution in [1.82, 2.24) is 0 Å². The Balaban J connectivity index is 1.67. The summed E-state index contributed by atoms with van der Waals surface area (Å²) in [6, 6.07) is 16.2. The second kappa shape index (κ2) is 9.14. The Morgan fingerprint density at radius 2 is 1.42 bits per heavy atom. The highest BCUT2D eigenvalue weighted by molar-refractivity contribution is 7.00. The molecule has 166 valence electrons. The Morgan fingerprint density at radius 3 is 1.97 bits per heavy atom. The normalized spacial score (nSPS) is 23.7. The Bertz CT molecular complexity index is 856. The van der Waals surface area contributed by atoms with E-state index < -0.39 is 8.07 Å². The quantitative estimate of drug-likeness (QED) is 0.419. The molecule has 1 nitrogen and oxygen atoms in total. The Morgan fingerprint density at radius 1 is 0.806 bits per heavy atom. The Labute approximate surface area is 190 Å². The van der Waals surface area contributed by atoms with Crippen molar-refractivity contribution in [3.8, 4) is 16.9 Å². The number of rotatable bonds is 6. The summed E-state index contributed by atoms with van der Waals surface area (Å²) in [5.41, 5.74) is 7.70. The summed E-state index contributed by atoms with van der Waals surface area (Å²) in [6.45, 7) is 2.42. The molecule has 31 heavy (non-hydrogen) atoms. The summed E-state index contributed by atoms with van der Waals surface area (Å²) in [6.07, 6.45) is 17.7. The number of hydrogen-bond donors (Lipinski definition) is 0. The number of hydrogen-bond acceptors (Lipinski definition) is 1. The van der Waals surface area contributed by atoms with Crippen LogP contribution in [-0.4, -0.2) is 15.2 Å². The van der Waals surface area contributed by atoms with E-state index in [2.05, 4.69) is 49.4 Å². The molecule has 0 bridgehead atoms. The van der Waals surface area contributed by atoms with Crippen LogP contribution in [0.2, 0.25) is 11.1 Å². The van der Waals surface area contributed by atoms with Crippen molar-refractivity contribution in [3.63, 3.8) is 0 Å². The highest BCUT2D eigenvalue weighted by atomic mass is 28.3. The molecule has 2 aromatic rings. The minimum Gasteiger partial charge on any atom is -0.497 e. The van der Waals surface area contributed by atoms with Crippen molar-refractivity contribution < 1.29 is 4.74 Å². The molecule has 0 radical (unpaired) electrons. The molecule has 0 saturated heterocycles. The average molecular weight is 433 g/mol. The van der Waals surface area contributed by atoms with Gasteiger partial charge < -0.3 is 4.74 Å².